The monoisotopic (exact) mass is 458 g/mol. The highest BCUT2D eigenvalue weighted by molar-refractivity contribution is 7.19. The van der Waals surface area contributed by atoms with E-state index in [4.69, 9.17) is 30.2 Å². The first-order chi connectivity index (χ1) is 14.3. The van der Waals surface area contributed by atoms with E-state index in [0.29, 0.717) is 0 Å². The van der Waals surface area contributed by atoms with Crippen LogP contribution in [-0.2, 0) is 0 Å². The van der Waals surface area contributed by atoms with Crippen molar-refractivity contribution in [2.45, 2.75) is 0 Å². The van der Waals surface area contributed by atoms with Gasteiger partial charge in [0.2, 0.25) is 16.2 Å². The van der Waals surface area contributed by atoms with Gasteiger partial charge in [0.1, 0.15) is 5.02 Å². The summed E-state index contributed by atoms with van der Waals surface area (Å²) in [5, 5.41) is 0.807. The summed E-state index contributed by atoms with van der Waals surface area (Å²) in [4.78, 5) is 2.31. The van der Waals surface area contributed by atoms with Gasteiger partial charge in [-0.05, 0) is 29.8 Å². The molecule has 4 rings (SSSR count). The van der Waals surface area contributed by atoms with Gasteiger partial charge in [-0.15, -0.1) is 10.2 Å². The molecule has 1 heterocycles. The maximum absolute atomic E-state index is 8.49. The molecule has 0 bridgehead atoms. The Morgan fingerprint density at radius 3 is 1.47 bits per heavy atom. The molecule has 4 aromatic rings. The minimum atomic E-state index is -4.94. The highest BCUT2D eigenvalue weighted by atomic mass is 35.7. The minimum Gasteiger partial charge on any atom is -0.222 e. The highest BCUT2D eigenvalue weighted by Crippen LogP contribution is 2.43. The molecule has 152 valence electrons. The van der Waals surface area contributed by atoms with E-state index in [1.54, 1.807) is 11.3 Å². The lowest BCUT2D eigenvalue weighted by Gasteiger charge is -2.17. The second-order valence-electron chi connectivity index (χ2n) is 6.14. The van der Waals surface area contributed by atoms with Crippen molar-refractivity contribution < 1.29 is 28.9 Å². The van der Waals surface area contributed by atoms with E-state index >= 15 is 0 Å². The summed E-state index contributed by atoms with van der Waals surface area (Å²) in [5.74, 6) is 0. The molecule has 4 nitrogen and oxygen atoms in total. The third kappa shape index (κ3) is 6.32. The molecule has 30 heavy (non-hydrogen) atoms. The lowest BCUT2D eigenvalue weighted by Crippen LogP contribution is -2.68. The zero-order chi connectivity index (χ0) is 21.6. The van der Waals surface area contributed by atoms with Crippen molar-refractivity contribution in [2.24, 2.45) is 0 Å². The molecule has 0 N–H and O–H groups in total. The van der Waals surface area contributed by atoms with E-state index in [0.717, 1.165) is 26.6 Å². The van der Waals surface area contributed by atoms with Crippen molar-refractivity contribution >= 4 is 22.9 Å². The maximum atomic E-state index is 8.49. The summed E-state index contributed by atoms with van der Waals surface area (Å²) < 4.78 is 34.0. The number of halogens is 2. The van der Waals surface area contributed by atoms with E-state index in [-0.39, 0.29) is 0 Å². The van der Waals surface area contributed by atoms with Crippen molar-refractivity contribution in [3.63, 3.8) is 0 Å². The van der Waals surface area contributed by atoms with Crippen LogP contribution in [0, 0.1) is 10.2 Å². The molecule has 0 saturated carbocycles. The minimum absolute atomic E-state index is 0.807. The standard InChI is InChI=1S/C23H16ClS.ClHO4/c24-22-20(17-10-4-1-5-11-17)16-21(18-12-6-2-7-13-18)25-23(22)19-14-8-3-9-15-19;2-1(3,4)5/h1-16H;(H,2,3,4,5)/q+1;/p-1. The predicted molar refractivity (Wildman–Crippen MR) is 110 cm³/mol. The van der Waals surface area contributed by atoms with Crippen molar-refractivity contribution in [2.75, 3.05) is 0 Å². The summed E-state index contributed by atoms with van der Waals surface area (Å²) in [5.41, 5.74) is 4.55. The molecule has 0 amide bonds. The van der Waals surface area contributed by atoms with Gasteiger partial charge in [0.05, 0.1) is 0 Å². The van der Waals surface area contributed by atoms with Gasteiger partial charge in [-0.1, -0.05) is 78.3 Å². The zero-order valence-corrected chi connectivity index (χ0v) is 17.9. The lowest BCUT2D eigenvalue weighted by molar-refractivity contribution is -2.00. The van der Waals surface area contributed by atoms with Crippen LogP contribution in [0.3, 0.4) is 0 Å². The molecule has 1 aromatic heterocycles. The quantitative estimate of drug-likeness (QED) is 0.441. The Balaban J connectivity index is 0.000000461. The highest BCUT2D eigenvalue weighted by Gasteiger charge is 2.24. The second kappa shape index (κ2) is 10.1. The molecular formula is C23H16Cl2O4S. The largest absolute Gasteiger partial charge is 0.257 e. The number of hydrogen-bond donors (Lipinski definition) is 0. The van der Waals surface area contributed by atoms with E-state index in [1.165, 1.54) is 10.4 Å². The molecule has 0 aliphatic carbocycles. The number of hydrogen-bond acceptors (Lipinski definition) is 4. The van der Waals surface area contributed by atoms with Gasteiger partial charge in [-0.3, -0.25) is 0 Å². The number of benzene rings is 3. The molecule has 0 aliphatic heterocycles. The Hall–Kier alpha value is -2.35. The molecule has 0 radical (unpaired) electrons. The van der Waals surface area contributed by atoms with Gasteiger partial charge in [-0.25, -0.2) is 18.6 Å². The first kappa shape index (κ1) is 22.3. The third-order valence-corrected chi connectivity index (χ3v) is 5.82. The second-order valence-corrected chi connectivity index (χ2v) is 8.33. The van der Waals surface area contributed by atoms with E-state index in [9.17, 15) is 0 Å². The molecular weight excluding hydrogens is 443 g/mol. The van der Waals surface area contributed by atoms with Crippen LogP contribution in [-0.4, -0.2) is 0 Å². The van der Waals surface area contributed by atoms with Crippen molar-refractivity contribution in [1.29, 1.82) is 0 Å². The van der Waals surface area contributed by atoms with Crippen LogP contribution in [0.2, 0.25) is 5.02 Å². The average molecular weight is 459 g/mol. The molecule has 0 fully saturated rings. The van der Waals surface area contributed by atoms with E-state index in [2.05, 4.69) is 66.7 Å². The Morgan fingerprint density at radius 2 is 1.00 bits per heavy atom. The fraction of sp³-hybridized carbons (Fsp3) is 0. The molecule has 7 heteroatoms. The van der Waals surface area contributed by atoms with Crippen molar-refractivity contribution in [3.05, 3.63) is 102 Å². The van der Waals surface area contributed by atoms with Crippen LogP contribution >= 0.6 is 22.9 Å². The summed E-state index contributed by atoms with van der Waals surface area (Å²) in [7, 11) is -4.94. The Labute approximate surface area is 185 Å². The van der Waals surface area contributed by atoms with Crippen LogP contribution in [0.25, 0.3) is 32.0 Å². The van der Waals surface area contributed by atoms with Gasteiger partial charge >= 0.3 is 0 Å². The first-order valence-corrected chi connectivity index (χ1v) is 11.2. The summed E-state index contributed by atoms with van der Waals surface area (Å²) in [6, 6.07) is 33.4. The maximum Gasteiger partial charge on any atom is 0.257 e. The molecule has 0 atom stereocenters. The molecule has 3 aromatic carbocycles. The lowest BCUT2D eigenvalue weighted by atomic mass is 10.0. The summed E-state index contributed by atoms with van der Waals surface area (Å²) in [6.45, 7) is 0. The molecule has 0 aliphatic rings. The molecule has 0 unspecified atom stereocenters. The Kier molecular flexibility index (Phi) is 7.53. The molecule has 0 saturated heterocycles. The Morgan fingerprint density at radius 1 is 0.600 bits per heavy atom. The fourth-order valence-electron chi connectivity index (χ4n) is 2.85. The average Bonchev–Trinajstić information content (AvgIpc) is 2.75. The normalized spacial score (nSPS) is 10.8. The van der Waals surface area contributed by atoms with Crippen LogP contribution in [0.1, 0.15) is 0 Å². The van der Waals surface area contributed by atoms with Crippen LogP contribution < -0.4 is 18.6 Å². The van der Waals surface area contributed by atoms with Crippen molar-refractivity contribution in [1.82, 2.24) is 0 Å². The van der Waals surface area contributed by atoms with Crippen LogP contribution in [0.15, 0.2) is 97.1 Å². The smallest absolute Gasteiger partial charge is 0.222 e. The first-order valence-electron chi connectivity index (χ1n) is 8.77. The van der Waals surface area contributed by atoms with Crippen LogP contribution in [0.5, 0.6) is 0 Å². The third-order valence-electron chi connectivity index (χ3n) is 4.10. The zero-order valence-electron chi connectivity index (χ0n) is 15.5. The van der Waals surface area contributed by atoms with Gasteiger partial charge < -0.3 is 0 Å². The summed E-state index contributed by atoms with van der Waals surface area (Å²) >= 11 is 8.58. The van der Waals surface area contributed by atoms with Crippen LogP contribution in [0.4, 0.5) is 0 Å². The summed E-state index contributed by atoms with van der Waals surface area (Å²) in [6.07, 6.45) is 0. The van der Waals surface area contributed by atoms with E-state index in [1.807, 2.05) is 30.3 Å². The fourth-order valence-corrected chi connectivity index (χ4v) is 4.34. The Bertz CT molecular complexity index is 1020. The van der Waals surface area contributed by atoms with E-state index < -0.39 is 10.2 Å². The van der Waals surface area contributed by atoms with Crippen molar-refractivity contribution in [3.8, 4) is 32.0 Å². The van der Waals surface area contributed by atoms with Gasteiger partial charge in [0, 0.05) is 22.8 Å². The predicted octanol–water partition coefficient (Wildman–Crippen LogP) is 2.93. The molecule has 0 spiro atoms. The number of rotatable bonds is 3. The van der Waals surface area contributed by atoms with Gasteiger partial charge in [-0.2, -0.15) is 0 Å². The topological polar surface area (TPSA) is 92.2 Å². The van der Waals surface area contributed by atoms with Gasteiger partial charge in [0.25, 0.3) is 4.88 Å². The van der Waals surface area contributed by atoms with Gasteiger partial charge in [0.15, 0.2) is 0 Å². The SMILES string of the molecule is Clc1c(-c2ccccc2)cc(-c2ccccc2)[s+]c1-c1ccccc1.[O-][Cl+3]([O-])([O-])[O-].